The summed E-state index contributed by atoms with van der Waals surface area (Å²) in [5, 5.41) is 6.85. The van der Waals surface area contributed by atoms with E-state index in [1.165, 1.54) is 11.3 Å². The molecule has 2 heterocycles. The Hall–Kier alpha value is -2.12. The van der Waals surface area contributed by atoms with E-state index in [-0.39, 0.29) is 30.6 Å². The van der Waals surface area contributed by atoms with Gasteiger partial charge >= 0.3 is 6.03 Å². The first-order valence-electron chi connectivity index (χ1n) is 8.57. The van der Waals surface area contributed by atoms with Crippen LogP contribution in [0, 0.1) is 0 Å². The standard InChI is InChI=1S/C16H25N5O3/c1-10(2)21-8-12(7-14(21)22)17-16(23)20(3)9-13-18-15(24-19-13)11-5-4-6-11/h10-12H,4-9H2,1-3H3,(H,17,23). The summed E-state index contributed by atoms with van der Waals surface area (Å²) < 4.78 is 5.27. The smallest absolute Gasteiger partial charge is 0.317 e. The number of carbonyl (C=O) groups excluding carboxylic acids is 2. The third kappa shape index (κ3) is 3.52. The van der Waals surface area contributed by atoms with E-state index < -0.39 is 0 Å². The topological polar surface area (TPSA) is 91.6 Å². The minimum absolute atomic E-state index is 0.0845. The van der Waals surface area contributed by atoms with Crippen molar-refractivity contribution in [1.29, 1.82) is 0 Å². The molecule has 8 heteroatoms. The minimum atomic E-state index is -0.228. The first kappa shape index (κ1) is 16.7. The van der Waals surface area contributed by atoms with Crippen LogP contribution >= 0.6 is 0 Å². The van der Waals surface area contributed by atoms with Crippen molar-refractivity contribution in [2.75, 3.05) is 13.6 Å². The molecular formula is C16H25N5O3. The Morgan fingerprint density at radius 2 is 2.21 bits per heavy atom. The lowest BCUT2D eigenvalue weighted by atomic mass is 9.85. The average molecular weight is 335 g/mol. The van der Waals surface area contributed by atoms with Crippen molar-refractivity contribution in [3.8, 4) is 0 Å². The van der Waals surface area contributed by atoms with Gasteiger partial charge in [0, 0.05) is 32.0 Å². The van der Waals surface area contributed by atoms with Crippen LogP contribution in [0.4, 0.5) is 4.79 Å². The second kappa shape index (κ2) is 6.78. The molecule has 3 rings (SSSR count). The van der Waals surface area contributed by atoms with Gasteiger partial charge in [-0.1, -0.05) is 11.6 Å². The van der Waals surface area contributed by atoms with Gasteiger partial charge in [0.05, 0.1) is 12.6 Å². The molecule has 2 aliphatic rings. The highest BCUT2D eigenvalue weighted by Crippen LogP contribution is 2.35. The summed E-state index contributed by atoms with van der Waals surface area (Å²) in [7, 11) is 1.69. The van der Waals surface area contributed by atoms with Crippen LogP contribution in [-0.4, -0.2) is 57.6 Å². The molecule has 1 aromatic rings. The van der Waals surface area contributed by atoms with Crippen molar-refractivity contribution in [3.05, 3.63) is 11.7 Å². The number of nitrogens with zero attached hydrogens (tertiary/aromatic N) is 4. The number of rotatable bonds is 5. The summed E-state index contributed by atoms with van der Waals surface area (Å²) >= 11 is 0. The predicted octanol–water partition coefficient (Wildman–Crippen LogP) is 1.49. The zero-order valence-electron chi connectivity index (χ0n) is 14.5. The number of hydrogen-bond acceptors (Lipinski definition) is 5. The Morgan fingerprint density at radius 1 is 1.46 bits per heavy atom. The maximum atomic E-state index is 12.3. The lowest BCUT2D eigenvalue weighted by Gasteiger charge is -2.22. The Labute approximate surface area is 141 Å². The van der Waals surface area contributed by atoms with Crippen LogP contribution in [0.2, 0.25) is 0 Å². The largest absolute Gasteiger partial charge is 0.339 e. The van der Waals surface area contributed by atoms with E-state index in [0.29, 0.717) is 30.6 Å². The van der Waals surface area contributed by atoms with Gasteiger partial charge in [-0.3, -0.25) is 4.79 Å². The normalized spacial score (nSPS) is 21.2. The summed E-state index contributed by atoms with van der Waals surface area (Å²) in [6.45, 7) is 4.80. The predicted molar refractivity (Wildman–Crippen MR) is 86.1 cm³/mol. The van der Waals surface area contributed by atoms with E-state index in [4.69, 9.17) is 4.52 Å². The maximum absolute atomic E-state index is 12.3. The van der Waals surface area contributed by atoms with E-state index in [1.807, 2.05) is 13.8 Å². The number of likely N-dealkylation sites (tertiary alicyclic amines) is 1. The van der Waals surface area contributed by atoms with Gasteiger partial charge in [-0.15, -0.1) is 0 Å². The SMILES string of the molecule is CC(C)N1CC(NC(=O)N(C)Cc2noc(C3CCC3)n2)CC1=O. The van der Waals surface area contributed by atoms with Crippen LogP contribution < -0.4 is 5.32 Å². The highest BCUT2D eigenvalue weighted by atomic mass is 16.5. The van der Waals surface area contributed by atoms with Gasteiger partial charge in [-0.05, 0) is 26.7 Å². The summed E-state index contributed by atoms with van der Waals surface area (Å²) in [6.07, 6.45) is 3.75. The van der Waals surface area contributed by atoms with Gasteiger partial charge in [0.1, 0.15) is 0 Å². The first-order chi connectivity index (χ1) is 11.4. The Kier molecular flexibility index (Phi) is 4.73. The third-order valence-electron chi connectivity index (χ3n) is 4.77. The van der Waals surface area contributed by atoms with Gasteiger partial charge in [-0.25, -0.2) is 4.79 Å². The number of hydrogen-bond donors (Lipinski definition) is 1. The molecule has 2 fully saturated rings. The fourth-order valence-electron chi connectivity index (χ4n) is 3.05. The van der Waals surface area contributed by atoms with Crippen molar-refractivity contribution in [2.24, 2.45) is 0 Å². The fraction of sp³-hybridized carbons (Fsp3) is 0.750. The Morgan fingerprint density at radius 3 is 2.79 bits per heavy atom. The van der Waals surface area contributed by atoms with Crippen molar-refractivity contribution < 1.29 is 14.1 Å². The van der Waals surface area contributed by atoms with E-state index in [1.54, 1.807) is 11.9 Å². The molecule has 1 saturated carbocycles. The molecule has 3 amide bonds. The zero-order chi connectivity index (χ0) is 17.3. The molecular weight excluding hydrogens is 310 g/mol. The van der Waals surface area contributed by atoms with Crippen molar-refractivity contribution in [2.45, 2.75) is 64.1 Å². The monoisotopic (exact) mass is 335 g/mol. The third-order valence-corrected chi connectivity index (χ3v) is 4.77. The van der Waals surface area contributed by atoms with E-state index in [2.05, 4.69) is 15.5 Å². The first-order valence-corrected chi connectivity index (χ1v) is 8.57. The number of urea groups is 1. The molecule has 1 atom stereocenters. The van der Waals surface area contributed by atoms with E-state index in [0.717, 1.165) is 12.8 Å². The summed E-state index contributed by atoms with van der Waals surface area (Å²) in [5.74, 6) is 1.66. The summed E-state index contributed by atoms with van der Waals surface area (Å²) in [5.41, 5.74) is 0. The Balaban J connectivity index is 1.50. The van der Waals surface area contributed by atoms with Gasteiger partial charge in [0.15, 0.2) is 5.82 Å². The molecule has 24 heavy (non-hydrogen) atoms. The molecule has 0 bridgehead atoms. The molecule has 0 spiro atoms. The van der Waals surface area contributed by atoms with Crippen molar-refractivity contribution in [3.63, 3.8) is 0 Å². The van der Waals surface area contributed by atoms with E-state index >= 15 is 0 Å². The highest BCUT2D eigenvalue weighted by Gasteiger charge is 2.32. The quantitative estimate of drug-likeness (QED) is 0.880. The highest BCUT2D eigenvalue weighted by molar-refractivity contribution is 5.81. The summed E-state index contributed by atoms with van der Waals surface area (Å²) in [6, 6.07) is -0.222. The van der Waals surface area contributed by atoms with Gasteiger partial charge < -0.3 is 19.6 Å². The second-order valence-electron chi connectivity index (χ2n) is 7.02. The minimum Gasteiger partial charge on any atom is -0.339 e. The molecule has 1 unspecified atom stereocenters. The number of carbonyl (C=O) groups is 2. The molecule has 0 radical (unpaired) electrons. The van der Waals surface area contributed by atoms with Crippen LogP contribution in [0.15, 0.2) is 4.52 Å². The van der Waals surface area contributed by atoms with Crippen LogP contribution in [0.25, 0.3) is 0 Å². The fourth-order valence-corrected chi connectivity index (χ4v) is 3.05. The number of nitrogens with one attached hydrogen (secondary N) is 1. The molecule has 132 valence electrons. The van der Waals surface area contributed by atoms with Crippen molar-refractivity contribution in [1.82, 2.24) is 25.3 Å². The molecule has 1 aliphatic heterocycles. The maximum Gasteiger partial charge on any atom is 0.317 e. The van der Waals surface area contributed by atoms with E-state index in [9.17, 15) is 9.59 Å². The van der Waals surface area contributed by atoms with Gasteiger partial charge in [0.2, 0.25) is 11.8 Å². The van der Waals surface area contributed by atoms with Crippen LogP contribution in [0.3, 0.4) is 0 Å². The van der Waals surface area contributed by atoms with Crippen LogP contribution in [-0.2, 0) is 11.3 Å². The van der Waals surface area contributed by atoms with Crippen LogP contribution in [0.1, 0.15) is 57.2 Å². The average Bonchev–Trinajstić information content (AvgIpc) is 3.04. The molecule has 1 aromatic heterocycles. The number of aromatic nitrogens is 2. The lowest BCUT2D eigenvalue weighted by Crippen LogP contribution is -2.44. The van der Waals surface area contributed by atoms with Crippen LogP contribution in [0.5, 0.6) is 0 Å². The molecule has 0 aromatic carbocycles. The zero-order valence-corrected chi connectivity index (χ0v) is 14.5. The van der Waals surface area contributed by atoms with Crippen molar-refractivity contribution >= 4 is 11.9 Å². The second-order valence-corrected chi connectivity index (χ2v) is 7.02. The number of amides is 3. The molecule has 1 aliphatic carbocycles. The lowest BCUT2D eigenvalue weighted by molar-refractivity contribution is -0.129. The molecule has 1 saturated heterocycles. The summed E-state index contributed by atoms with van der Waals surface area (Å²) in [4.78, 5) is 31.9. The molecule has 8 nitrogen and oxygen atoms in total. The Bertz CT molecular complexity index is 611. The van der Waals surface area contributed by atoms with Gasteiger partial charge in [-0.2, -0.15) is 4.98 Å². The molecule has 1 N–H and O–H groups in total. The van der Waals surface area contributed by atoms with Gasteiger partial charge in [0.25, 0.3) is 0 Å².